The Morgan fingerprint density at radius 2 is 1.95 bits per heavy atom. The zero-order chi connectivity index (χ0) is 14.7. The summed E-state index contributed by atoms with van der Waals surface area (Å²) in [6, 6.07) is 7.87. The molecule has 110 valence electrons. The molecule has 0 bridgehead atoms. The molecule has 0 radical (unpaired) electrons. The Kier molecular flexibility index (Phi) is 4.92. The summed E-state index contributed by atoms with van der Waals surface area (Å²) in [6.07, 6.45) is 1.57. The minimum absolute atomic E-state index is 0.00513. The molecule has 1 aromatic rings. The maximum absolute atomic E-state index is 11.3. The second-order valence-corrected chi connectivity index (χ2v) is 6.35. The summed E-state index contributed by atoms with van der Waals surface area (Å²) in [6.45, 7) is 4.27. The predicted molar refractivity (Wildman–Crippen MR) is 79.6 cm³/mol. The van der Waals surface area contributed by atoms with Gasteiger partial charge in [0.2, 0.25) is 0 Å². The zero-order valence-electron chi connectivity index (χ0n) is 11.9. The van der Waals surface area contributed by atoms with Gasteiger partial charge in [0.15, 0.2) is 0 Å². The molecule has 3 nitrogen and oxygen atoms in total. The van der Waals surface area contributed by atoms with E-state index in [-0.39, 0.29) is 11.5 Å². The van der Waals surface area contributed by atoms with Crippen LogP contribution in [-0.4, -0.2) is 22.6 Å². The summed E-state index contributed by atoms with van der Waals surface area (Å²) in [4.78, 5) is 11.3. The maximum atomic E-state index is 11.3. The number of carbonyl (C=O) groups is 1. The van der Waals surface area contributed by atoms with Gasteiger partial charge in [-0.2, -0.15) is 0 Å². The van der Waals surface area contributed by atoms with Crippen molar-refractivity contribution >= 4 is 17.6 Å². The van der Waals surface area contributed by atoms with Crippen LogP contribution in [0.1, 0.15) is 44.6 Å². The van der Waals surface area contributed by atoms with Crippen molar-refractivity contribution in [3.05, 3.63) is 29.8 Å². The van der Waals surface area contributed by atoms with Gasteiger partial charge >= 0.3 is 5.97 Å². The first kappa shape index (κ1) is 15.2. The molecular formula is C16H21ClO3. The van der Waals surface area contributed by atoms with E-state index in [0.29, 0.717) is 18.8 Å². The Morgan fingerprint density at radius 1 is 1.30 bits per heavy atom. The van der Waals surface area contributed by atoms with Gasteiger partial charge in [0.05, 0.1) is 5.92 Å². The van der Waals surface area contributed by atoms with E-state index >= 15 is 0 Å². The fraction of sp³-hybridized carbons (Fsp3) is 0.562. The van der Waals surface area contributed by atoms with Gasteiger partial charge in [-0.15, -0.1) is 11.6 Å². The fourth-order valence-electron chi connectivity index (χ4n) is 2.60. The van der Waals surface area contributed by atoms with Crippen LogP contribution in [0.2, 0.25) is 0 Å². The molecule has 1 N–H and O–H groups in total. The van der Waals surface area contributed by atoms with Crippen molar-refractivity contribution in [2.45, 2.75) is 50.5 Å². The molecule has 0 aromatic heterocycles. The molecule has 0 amide bonds. The van der Waals surface area contributed by atoms with Gasteiger partial charge in [0.25, 0.3) is 0 Å². The Balaban J connectivity index is 2.07. The van der Waals surface area contributed by atoms with Crippen LogP contribution in [-0.2, 0) is 4.79 Å². The lowest BCUT2D eigenvalue weighted by Crippen LogP contribution is -2.39. The highest BCUT2D eigenvalue weighted by Crippen LogP contribution is 2.32. The van der Waals surface area contributed by atoms with Gasteiger partial charge in [-0.3, -0.25) is 4.79 Å². The van der Waals surface area contributed by atoms with Crippen LogP contribution in [0.4, 0.5) is 0 Å². The minimum Gasteiger partial charge on any atom is -0.489 e. The van der Waals surface area contributed by atoms with E-state index in [1.54, 1.807) is 0 Å². The van der Waals surface area contributed by atoms with Gasteiger partial charge in [-0.25, -0.2) is 0 Å². The number of hydrogen-bond donors (Lipinski definition) is 1. The lowest BCUT2D eigenvalue weighted by atomic mass is 9.86. The summed E-state index contributed by atoms with van der Waals surface area (Å²) in [7, 11) is 0. The number of rotatable bonds is 4. The van der Waals surface area contributed by atoms with Crippen LogP contribution < -0.4 is 4.74 Å². The van der Waals surface area contributed by atoms with Gasteiger partial charge in [-0.05, 0) is 36.5 Å². The third-order valence-corrected chi connectivity index (χ3v) is 4.28. The summed E-state index contributed by atoms with van der Waals surface area (Å²) in [5, 5.41) is 9.27. The van der Waals surface area contributed by atoms with Gasteiger partial charge in [-0.1, -0.05) is 26.0 Å². The SMILES string of the molecule is CC(C)c1ccc(OC2CC(Cl)CCC2C(=O)O)cc1. The quantitative estimate of drug-likeness (QED) is 0.853. The van der Waals surface area contributed by atoms with Crippen molar-refractivity contribution in [1.29, 1.82) is 0 Å². The fourth-order valence-corrected chi connectivity index (χ4v) is 2.90. The molecule has 20 heavy (non-hydrogen) atoms. The van der Waals surface area contributed by atoms with E-state index < -0.39 is 11.9 Å². The topological polar surface area (TPSA) is 46.5 Å². The number of alkyl halides is 1. The highest BCUT2D eigenvalue weighted by atomic mass is 35.5. The molecule has 3 unspecified atom stereocenters. The third-order valence-electron chi connectivity index (χ3n) is 3.88. The van der Waals surface area contributed by atoms with E-state index in [1.165, 1.54) is 5.56 Å². The molecule has 1 aromatic carbocycles. The standard InChI is InChI=1S/C16H21ClO3/c1-10(2)11-3-6-13(7-4-11)20-15-9-12(17)5-8-14(15)16(18)19/h3-4,6-7,10,12,14-15H,5,8-9H2,1-2H3,(H,18,19). The second kappa shape index (κ2) is 6.49. The highest BCUT2D eigenvalue weighted by molar-refractivity contribution is 6.20. The van der Waals surface area contributed by atoms with Gasteiger partial charge < -0.3 is 9.84 Å². The smallest absolute Gasteiger partial charge is 0.310 e. The van der Waals surface area contributed by atoms with Crippen LogP contribution in [0.25, 0.3) is 0 Å². The van der Waals surface area contributed by atoms with Crippen molar-refractivity contribution in [2.24, 2.45) is 5.92 Å². The molecule has 4 heteroatoms. The minimum atomic E-state index is -0.794. The average Bonchev–Trinajstić information content (AvgIpc) is 2.39. The van der Waals surface area contributed by atoms with Crippen molar-refractivity contribution in [3.8, 4) is 5.75 Å². The molecular weight excluding hydrogens is 276 g/mol. The maximum Gasteiger partial charge on any atom is 0.310 e. The summed E-state index contributed by atoms with van der Waals surface area (Å²) >= 11 is 6.14. The number of ether oxygens (including phenoxy) is 1. The Labute approximate surface area is 124 Å². The summed E-state index contributed by atoms with van der Waals surface area (Å²) in [5.41, 5.74) is 1.24. The van der Waals surface area contributed by atoms with Crippen LogP contribution in [0.3, 0.4) is 0 Å². The third kappa shape index (κ3) is 3.66. The van der Waals surface area contributed by atoms with Crippen molar-refractivity contribution in [3.63, 3.8) is 0 Å². The van der Waals surface area contributed by atoms with E-state index in [2.05, 4.69) is 13.8 Å². The van der Waals surface area contributed by atoms with Gasteiger partial charge in [0, 0.05) is 11.8 Å². The number of carboxylic acid groups (broad SMARTS) is 1. The number of hydrogen-bond acceptors (Lipinski definition) is 2. The molecule has 2 rings (SSSR count). The molecule has 3 atom stereocenters. The number of aliphatic carboxylic acids is 1. The van der Waals surface area contributed by atoms with Crippen molar-refractivity contribution in [2.75, 3.05) is 0 Å². The van der Waals surface area contributed by atoms with E-state index in [4.69, 9.17) is 16.3 Å². The first-order valence-electron chi connectivity index (χ1n) is 7.11. The van der Waals surface area contributed by atoms with E-state index in [0.717, 1.165) is 12.2 Å². The Morgan fingerprint density at radius 3 is 2.50 bits per heavy atom. The lowest BCUT2D eigenvalue weighted by Gasteiger charge is -2.31. The molecule has 0 aliphatic heterocycles. The normalized spacial score (nSPS) is 26.5. The first-order valence-corrected chi connectivity index (χ1v) is 7.54. The second-order valence-electron chi connectivity index (χ2n) is 5.74. The zero-order valence-corrected chi connectivity index (χ0v) is 12.6. The molecule has 0 heterocycles. The molecule has 1 aliphatic rings. The molecule has 0 spiro atoms. The molecule has 0 saturated heterocycles. The van der Waals surface area contributed by atoms with Gasteiger partial charge in [0.1, 0.15) is 11.9 Å². The molecule has 1 fully saturated rings. The highest BCUT2D eigenvalue weighted by Gasteiger charge is 2.36. The monoisotopic (exact) mass is 296 g/mol. The van der Waals surface area contributed by atoms with Crippen molar-refractivity contribution in [1.82, 2.24) is 0 Å². The number of benzene rings is 1. The number of carboxylic acids is 1. The van der Waals surface area contributed by atoms with Crippen LogP contribution in [0.5, 0.6) is 5.75 Å². The first-order chi connectivity index (χ1) is 9.47. The molecule has 1 aliphatic carbocycles. The Hall–Kier alpha value is -1.22. The summed E-state index contributed by atoms with van der Waals surface area (Å²) < 4.78 is 5.87. The largest absolute Gasteiger partial charge is 0.489 e. The van der Waals surface area contributed by atoms with E-state index in [9.17, 15) is 9.90 Å². The molecule has 1 saturated carbocycles. The number of halogens is 1. The van der Waals surface area contributed by atoms with Crippen LogP contribution >= 0.6 is 11.6 Å². The Bertz CT molecular complexity index is 455. The predicted octanol–water partition coefficient (Wildman–Crippen LogP) is 4.05. The van der Waals surface area contributed by atoms with Crippen LogP contribution in [0.15, 0.2) is 24.3 Å². The van der Waals surface area contributed by atoms with Crippen molar-refractivity contribution < 1.29 is 14.6 Å². The average molecular weight is 297 g/mol. The lowest BCUT2D eigenvalue weighted by molar-refractivity contribution is -0.146. The summed E-state index contributed by atoms with van der Waals surface area (Å²) in [5.74, 6) is -0.0683. The van der Waals surface area contributed by atoms with Crippen LogP contribution in [0, 0.1) is 5.92 Å². The van der Waals surface area contributed by atoms with E-state index in [1.807, 2.05) is 24.3 Å².